The van der Waals surface area contributed by atoms with Crippen molar-refractivity contribution in [3.05, 3.63) is 30.5 Å². The van der Waals surface area contributed by atoms with Gasteiger partial charge in [-0.2, -0.15) is 0 Å². The summed E-state index contributed by atoms with van der Waals surface area (Å²) in [6, 6.07) is 7.67. The number of sulfonamides is 1. The van der Waals surface area contributed by atoms with Crippen LogP contribution in [0.2, 0.25) is 0 Å². The molecule has 2 aromatic rings. The summed E-state index contributed by atoms with van der Waals surface area (Å²) in [5.74, 6) is -1.05. The van der Waals surface area contributed by atoms with Crippen LogP contribution < -0.4 is 14.4 Å². The van der Waals surface area contributed by atoms with Crippen molar-refractivity contribution in [2.45, 2.75) is 25.7 Å². The molecule has 1 N–H and O–H groups in total. The van der Waals surface area contributed by atoms with Crippen LogP contribution in [-0.2, 0) is 19.6 Å². The largest absolute Gasteiger partial charge is 0.473 e. The summed E-state index contributed by atoms with van der Waals surface area (Å²) in [4.78, 5) is 31.8. The van der Waals surface area contributed by atoms with Gasteiger partial charge in [-0.25, -0.2) is 13.4 Å². The van der Waals surface area contributed by atoms with Crippen molar-refractivity contribution in [2.75, 3.05) is 25.3 Å². The van der Waals surface area contributed by atoms with Crippen LogP contribution in [0.3, 0.4) is 0 Å². The fraction of sp³-hybridized carbons (Fsp3) is 0.450. The smallest absolute Gasteiger partial charge is 0.273 e. The zero-order valence-electron chi connectivity index (χ0n) is 17.1. The Labute approximate surface area is 180 Å². The van der Waals surface area contributed by atoms with Gasteiger partial charge in [0.25, 0.3) is 5.19 Å². The number of anilines is 1. The average molecular weight is 452 g/mol. The van der Waals surface area contributed by atoms with E-state index >= 15 is 0 Å². The molecule has 1 aliphatic carbocycles. The van der Waals surface area contributed by atoms with Gasteiger partial charge in [0.15, 0.2) is 0 Å². The zero-order valence-corrected chi connectivity index (χ0v) is 18.8. The highest BCUT2D eigenvalue weighted by Gasteiger charge is 2.32. The Balaban J connectivity index is 1.64. The van der Waals surface area contributed by atoms with E-state index in [9.17, 15) is 18.0 Å². The predicted molar refractivity (Wildman–Crippen MR) is 116 cm³/mol. The monoisotopic (exact) mass is 451 g/mol. The third kappa shape index (κ3) is 5.37. The molecule has 8 nitrogen and oxygen atoms in total. The molecule has 0 atom stereocenters. The highest BCUT2D eigenvalue weighted by molar-refractivity contribution is 7.89. The minimum atomic E-state index is -3.57. The topological polar surface area (TPSA) is 106 Å². The van der Waals surface area contributed by atoms with Crippen LogP contribution in [0.1, 0.15) is 25.7 Å². The van der Waals surface area contributed by atoms with E-state index in [1.807, 2.05) is 29.0 Å². The molecule has 1 aliphatic rings. The Morgan fingerprint density at radius 2 is 1.87 bits per heavy atom. The number of ether oxygens (including phenoxy) is 1. The Morgan fingerprint density at radius 1 is 1.20 bits per heavy atom. The molecule has 2 amide bonds. The first-order chi connectivity index (χ1) is 14.2. The maximum absolute atomic E-state index is 13.0. The van der Waals surface area contributed by atoms with Crippen molar-refractivity contribution in [1.29, 1.82) is 0 Å². The van der Waals surface area contributed by atoms with Crippen molar-refractivity contribution >= 4 is 38.9 Å². The minimum Gasteiger partial charge on any atom is -0.473 e. The second-order valence-corrected chi connectivity index (χ2v) is 10.2. The number of benzene rings is 1. The molecule has 0 saturated heterocycles. The number of amides is 2. The van der Waals surface area contributed by atoms with Crippen LogP contribution in [0.4, 0.5) is 5.69 Å². The number of nitrogens with one attached hydrogen (secondary N) is 1. The first-order valence-electron chi connectivity index (χ1n) is 9.57. The number of hydrogen-bond donors (Lipinski definition) is 1. The van der Waals surface area contributed by atoms with E-state index in [0.29, 0.717) is 30.9 Å². The molecule has 1 aromatic carbocycles. The molecule has 10 heteroatoms. The second kappa shape index (κ2) is 9.13. The van der Waals surface area contributed by atoms with Crippen molar-refractivity contribution in [2.24, 2.45) is 11.8 Å². The normalized spacial score (nSPS) is 19.2. The molecule has 1 heterocycles. The lowest BCUT2D eigenvalue weighted by molar-refractivity contribution is -0.128. The molecular formula is C20H25N3O5S2. The zero-order chi connectivity index (χ0) is 21.9. The highest BCUT2D eigenvalue weighted by Crippen LogP contribution is 2.34. The van der Waals surface area contributed by atoms with Gasteiger partial charge in [0.2, 0.25) is 21.8 Å². The minimum absolute atomic E-state index is 0.00370. The lowest BCUT2D eigenvalue weighted by atomic mass is 9.81. The quantitative estimate of drug-likeness (QED) is 0.724. The van der Waals surface area contributed by atoms with Gasteiger partial charge < -0.3 is 9.64 Å². The van der Waals surface area contributed by atoms with Crippen molar-refractivity contribution in [3.63, 3.8) is 0 Å². The fourth-order valence-electron chi connectivity index (χ4n) is 3.62. The van der Waals surface area contributed by atoms with Crippen LogP contribution in [0, 0.1) is 11.8 Å². The van der Waals surface area contributed by atoms with Crippen LogP contribution in [0.15, 0.2) is 30.5 Å². The number of thiazole rings is 1. The Morgan fingerprint density at radius 3 is 2.47 bits per heavy atom. The summed E-state index contributed by atoms with van der Waals surface area (Å²) in [5, 5.41) is 0.580. The van der Waals surface area contributed by atoms with Crippen molar-refractivity contribution in [1.82, 2.24) is 9.71 Å². The van der Waals surface area contributed by atoms with Gasteiger partial charge in [0.05, 0.1) is 18.2 Å². The van der Waals surface area contributed by atoms with Gasteiger partial charge in [0.1, 0.15) is 0 Å². The van der Waals surface area contributed by atoms with Crippen LogP contribution in [-0.4, -0.2) is 45.6 Å². The number of nitrogens with zero attached hydrogens (tertiary/aromatic N) is 2. The number of carbonyl (C=O) groups excluding carboxylic acids is 2. The Hall–Kier alpha value is -2.46. The summed E-state index contributed by atoms with van der Waals surface area (Å²) in [5.41, 5.74) is 1.73. The molecule has 1 saturated carbocycles. The first-order valence-corrected chi connectivity index (χ1v) is 12.3. The third-order valence-corrected chi connectivity index (χ3v) is 6.82. The number of carbonyl (C=O) groups is 2. The standard InChI is InChI=1S/C20H25N3O5S2/c1-23(16-6-4-5-15(11-16)17-12-21-20(28-2)29-17)19(25)14-9-7-13(8-10-14)18(24)22-30(3,26)27/h4-6,11-14H,7-10H2,1-3H3,(H,22,24). The molecule has 3 rings (SSSR count). The summed E-state index contributed by atoms with van der Waals surface area (Å²) in [6.45, 7) is 0. The molecular weight excluding hydrogens is 426 g/mol. The van der Waals surface area contributed by atoms with Crippen LogP contribution in [0.5, 0.6) is 5.19 Å². The maximum Gasteiger partial charge on any atom is 0.273 e. The SMILES string of the molecule is COc1ncc(-c2cccc(N(C)C(=O)C3CCC(C(=O)NS(C)(=O)=O)CC3)c2)s1. The molecule has 0 aliphatic heterocycles. The molecule has 0 spiro atoms. The lowest BCUT2D eigenvalue weighted by Crippen LogP contribution is -2.39. The second-order valence-electron chi connectivity index (χ2n) is 7.43. The van der Waals surface area contributed by atoms with Crippen LogP contribution in [0.25, 0.3) is 10.4 Å². The molecule has 1 aromatic heterocycles. The molecule has 1 fully saturated rings. The van der Waals surface area contributed by atoms with E-state index in [2.05, 4.69) is 4.98 Å². The van der Waals surface area contributed by atoms with E-state index in [1.54, 1.807) is 25.3 Å². The Bertz CT molecular complexity index is 1030. The number of hydrogen-bond acceptors (Lipinski definition) is 7. The fourth-order valence-corrected chi connectivity index (χ4v) is 4.88. The lowest BCUT2D eigenvalue weighted by Gasteiger charge is -2.30. The predicted octanol–water partition coefficient (Wildman–Crippen LogP) is 2.66. The van der Waals surface area contributed by atoms with Gasteiger partial charge in [-0.1, -0.05) is 23.5 Å². The molecule has 0 bridgehead atoms. The molecule has 162 valence electrons. The summed E-state index contributed by atoms with van der Waals surface area (Å²) in [6.07, 6.45) is 4.80. The van der Waals surface area contributed by atoms with Gasteiger partial charge >= 0.3 is 0 Å². The third-order valence-electron chi connectivity index (χ3n) is 5.24. The van der Waals surface area contributed by atoms with Gasteiger partial charge in [0, 0.05) is 30.8 Å². The number of aromatic nitrogens is 1. The van der Waals surface area contributed by atoms with E-state index in [0.717, 1.165) is 22.4 Å². The number of rotatable bonds is 6. The van der Waals surface area contributed by atoms with E-state index in [-0.39, 0.29) is 17.7 Å². The molecule has 30 heavy (non-hydrogen) atoms. The van der Waals surface area contributed by atoms with Crippen LogP contribution >= 0.6 is 11.3 Å². The molecule has 0 radical (unpaired) electrons. The van der Waals surface area contributed by atoms with E-state index in [1.165, 1.54) is 11.3 Å². The van der Waals surface area contributed by atoms with Gasteiger partial charge in [-0.15, -0.1) is 0 Å². The summed E-state index contributed by atoms with van der Waals surface area (Å²) < 4.78 is 29.7. The number of methoxy groups -OCH3 is 1. The van der Waals surface area contributed by atoms with E-state index < -0.39 is 15.9 Å². The van der Waals surface area contributed by atoms with Crippen molar-refractivity contribution in [3.8, 4) is 15.6 Å². The summed E-state index contributed by atoms with van der Waals surface area (Å²) in [7, 11) is -0.244. The van der Waals surface area contributed by atoms with Crippen molar-refractivity contribution < 1.29 is 22.7 Å². The highest BCUT2D eigenvalue weighted by atomic mass is 32.2. The van der Waals surface area contributed by atoms with Gasteiger partial charge in [-0.3, -0.25) is 14.3 Å². The van der Waals surface area contributed by atoms with E-state index in [4.69, 9.17) is 4.74 Å². The van der Waals surface area contributed by atoms with Gasteiger partial charge in [-0.05, 0) is 43.4 Å². The molecule has 0 unspecified atom stereocenters. The first kappa shape index (κ1) is 22.2. The maximum atomic E-state index is 13.0. The Kier molecular flexibility index (Phi) is 6.77. The average Bonchev–Trinajstić information content (AvgIpc) is 3.21. The summed E-state index contributed by atoms with van der Waals surface area (Å²) >= 11 is 1.43.